The molecular formula is C28H27FN2O6S. The van der Waals surface area contributed by atoms with Crippen molar-refractivity contribution in [3.05, 3.63) is 88.7 Å². The molecule has 0 spiro atoms. The van der Waals surface area contributed by atoms with E-state index in [2.05, 4.69) is 4.98 Å². The molecule has 0 amide bonds. The van der Waals surface area contributed by atoms with Gasteiger partial charge in [-0.15, -0.1) is 0 Å². The summed E-state index contributed by atoms with van der Waals surface area (Å²) in [7, 11) is -1.69. The van der Waals surface area contributed by atoms with E-state index in [-0.39, 0.29) is 34.3 Å². The topological polar surface area (TPSA) is 108 Å². The van der Waals surface area contributed by atoms with Crippen LogP contribution in [0.2, 0.25) is 0 Å². The van der Waals surface area contributed by atoms with Gasteiger partial charge in [-0.05, 0) is 42.3 Å². The number of benzene rings is 3. The lowest BCUT2D eigenvalue weighted by atomic mass is 10.1. The molecule has 1 heterocycles. The Kier molecular flexibility index (Phi) is 7.82. The van der Waals surface area contributed by atoms with Crippen LogP contribution in [0.3, 0.4) is 0 Å². The Morgan fingerprint density at radius 2 is 1.58 bits per heavy atom. The van der Waals surface area contributed by atoms with Gasteiger partial charge in [-0.2, -0.15) is 4.98 Å². The van der Waals surface area contributed by atoms with E-state index < -0.39 is 32.0 Å². The van der Waals surface area contributed by atoms with Crippen molar-refractivity contribution in [2.45, 2.75) is 36.0 Å². The maximum Gasteiger partial charge on any atom is 0.296 e. The molecule has 1 N–H and O–H groups in total. The summed E-state index contributed by atoms with van der Waals surface area (Å²) in [5.41, 5.74) is -0.126. The van der Waals surface area contributed by atoms with Crippen molar-refractivity contribution in [3.8, 4) is 34.2 Å². The summed E-state index contributed by atoms with van der Waals surface area (Å²) in [5.74, 6) is -0.551. The molecule has 4 aromatic rings. The van der Waals surface area contributed by atoms with Crippen molar-refractivity contribution in [1.29, 1.82) is 0 Å². The standard InChI is InChI=1S/C28H27FN2O6S/c1-4-5-13-24-30-27(32)26(28(33)31(24)25-22(36-2)11-8-12-23(25)37-3)38(34,35)19-16-14-18(15-17-19)20-9-6-7-10-21(20)29/h6-12,14-17,33H,4-5,13H2,1-3H3. The number of unbranched alkanes of at least 4 members (excludes halogenated alkanes) is 1. The van der Waals surface area contributed by atoms with Crippen LogP contribution in [-0.2, 0) is 16.3 Å². The highest BCUT2D eigenvalue weighted by molar-refractivity contribution is 7.91. The SMILES string of the molecule is CCCCc1nc(=O)c(S(=O)(=O)c2ccc(-c3ccccc3F)cc2)c(O)n1-c1c(OC)cccc1OC. The average molecular weight is 539 g/mol. The highest BCUT2D eigenvalue weighted by Gasteiger charge is 2.31. The number of aromatic hydroxyl groups is 1. The zero-order chi connectivity index (χ0) is 27.4. The summed E-state index contributed by atoms with van der Waals surface area (Å²) in [6.07, 6.45) is 1.69. The van der Waals surface area contributed by atoms with Crippen LogP contribution in [0.5, 0.6) is 17.4 Å². The molecule has 198 valence electrons. The Balaban J connectivity index is 1.93. The minimum atomic E-state index is -4.54. The third kappa shape index (κ3) is 4.87. The number of aryl methyl sites for hydroxylation is 1. The average Bonchev–Trinajstić information content (AvgIpc) is 2.91. The predicted octanol–water partition coefficient (Wildman–Crippen LogP) is 4.94. The maximum absolute atomic E-state index is 14.2. The quantitative estimate of drug-likeness (QED) is 0.322. The van der Waals surface area contributed by atoms with Gasteiger partial charge in [-0.3, -0.25) is 9.36 Å². The molecule has 8 nitrogen and oxygen atoms in total. The molecule has 10 heteroatoms. The second-order valence-corrected chi connectivity index (χ2v) is 10.3. The minimum absolute atomic E-state index is 0.158. The highest BCUT2D eigenvalue weighted by atomic mass is 32.2. The summed E-state index contributed by atoms with van der Waals surface area (Å²) in [4.78, 5) is 16.0. The number of methoxy groups -OCH3 is 2. The molecule has 38 heavy (non-hydrogen) atoms. The Labute approximate surface area is 219 Å². The van der Waals surface area contributed by atoms with Crippen LogP contribution in [-0.4, -0.2) is 37.3 Å². The number of nitrogens with zero attached hydrogens (tertiary/aromatic N) is 2. The molecular weight excluding hydrogens is 511 g/mol. The van der Waals surface area contributed by atoms with E-state index in [1.165, 1.54) is 49.1 Å². The van der Waals surface area contributed by atoms with E-state index >= 15 is 0 Å². The summed E-state index contributed by atoms with van der Waals surface area (Å²) < 4.78 is 53.6. The van der Waals surface area contributed by atoms with Gasteiger partial charge in [-0.25, -0.2) is 12.8 Å². The molecule has 0 saturated heterocycles. The summed E-state index contributed by atoms with van der Waals surface area (Å²) >= 11 is 0. The Morgan fingerprint density at radius 3 is 2.16 bits per heavy atom. The third-order valence-corrected chi connectivity index (χ3v) is 7.88. The number of rotatable bonds is 9. The lowest BCUT2D eigenvalue weighted by molar-refractivity contribution is 0.374. The summed E-state index contributed by atoms with van der Waals surface area (Å²) in [6, 6.07) is 16.4. The fraction of sp³-hybridized carbons (Fsp3) is 0.214. The minimum Gasteiger partial charge on any atom is -0.494 e. The molecule has 0 saturated carbocycles. The summed E-state index contributed by atoms with van der Waals surface area (Å²) in [5, 5.41) is 11.4. The van der Waals surface area contributed by atoms with E-state index in [0.717, 1.165) is 6.42 Å². The monoisotopic (exact) mass is 538 g/mol. The normalized spacial score (nSPS) is 11.4. The molecule has 0 atom stereocenters. The van der Waals surface area contributed by atoms with Gasteiger partial charge in [-0.1, -0.05) is 49.7 Å². The second-order valence-electron chi connectivity index (χ2n) is 8.44. The van der Waals surface area contributed by atoms with Crippen LogP contribution in [0.15, 0.2) is 81.3 Å². The van der Waals surface area contributed by atoms with Gasteiger partial charge in [0.25, 0.3) is 5.56 Å². The van der Waals surface area contributed by atoms with Crippen LogP contribution in [0.4, 0.5) is 4.39 Å². The highest BCUT2D eigenvalue weighted by Crippen LogP contribution is 2.38. The van der Waals surface area contributed by atoms with E-state index in [9.17, 15) is 22.7 Å². The molecule has 0 aliphatic carbocycles. The van der Waals surface area contributed by atoms with Crippen molar-refractivity contribution in [2.24, 2.45) is 0 Å². The molecule has 0 bridgehead atoms. The van der Waals surface area contributed by atoms with Crippen molar-refractivity contribution in [1.82, 2.24) is 9.55 Å². The van der Waals surface area contributed by atoms with Crippen LogP contribution in [0.1, 0.15) is 25.6 Å². The lowest BCUT2D eigenvalue weighted by Gasteiger charge is -2.21. The fourth-order valence-corrected chi connectivity index (χ4v) is 5.53. The van der Waals surface area contributed by atoms with Crippen molar-refractivity contribution in [2.75, 3.05) is 14.2 Å². The smallest absolute Gasteiger partial charge is 0.296 e. The first kappa shape index (κ1) is 26.9. The Bertz CT molecular complexity index is 1610. The van der Waals surface area contributed by atoms with Gasteiger partial charge in [0.2, 0.25) is 15.7 Å². The first-order valence-corrected chi connectivity index (χ1v) is 13.4. The largest absolute Gasteiger partial charge is 0.494 e. The molecule has 1 aromatic heterocycles. The number of hydrogen-bond donors (Lipinski definition) is 1. The second kappa shape index (κ2) is 11.1. The Morgan fingerprint density at radius 1 is 0.947 bits per heavy atom. The van der Waals surface area contributed by atoms with E-state index in [4.69, 9.17) is 9.47 Å². The van der Waals surface area contributed by atoms with Gasteiger partial charge < -0.3 is 14.6 Å². The summed E-state index contributed by atoms with van der Waals surface area (Å²) in [6.45, 7) is 1.95. The number of sulfone groups is 1. The van der Waals surface area contributed by atoms with Gasteiger partial charge in [0.1, 0.15) is 28.8 Å². The predicted molar refractivity (Wildman–Crippen MR) is 141 cm³/mol. The van der Waals surface area contributed by atoms with E-state index in [0.29, 0.717) is 17.5 Å². The van der Waals surface area contributed by atoms with Gasteiger partial charge in [0.05, 0.1) is 19.1 Å². The number of ether oxygens (including phenoxy) is 2. The van der Waals surface area contributed by atoms with Gasteiger partial charge >= 0.3 is 0 Å². The van der Waals surface area contributed by atoms with Crippen LogP contribution < -0.4 is 15.0 Å². The molecule has 0 aliphatic rings. The molecule has 0 aliphatic heterocycles. The first-order valence-electron chi connectivity index (χ1n) is 11.9. The van der Waals surface area contributed by atoms with E-state index in [1.54, 1.807) is 36.4 Å². The maximum atomic E-state index is 14.2. The van der Waals surface area contributed by atoms with Gasteiger partial charge in [0, 0.05) is 12.0 Å². The molecule has 0 radical (unpaired) electrons. The van der Waals surface area contributed by atoms with Crippen molar-refractivity contribution < 1.29 is 27.4 Å². The Hall–Kier alpha value is -4.18. The molecule has 0 unspecified atom stereocenters. The number of aromatic nitrogens is 2. The number of hydrogen-bond acceptors (Lipinski definition) is 7. The van der Waals surface area contributed by atoms with Gasteiger partial charge in [0.15, 0.2) is 4.90 Å². The first-order chi connectivity index (χ1) is 18.2. The molecule has 0 fully saturated rings. The zero-order valence-electron chi connectivity index (χ0n) is 21.1. The van der Waals surface area contributed by atoms with Crippen LogP contribution in [0.25, 0.3) is 16.8 Å². The zero-order valence-corrected chi connectivity index (χ0v) is 22.0. The third-order valence-electron chi connectivity index (χ3n) is 6.10. The number of halogens is 1. The van der Waals surface area contributed by atoms with Crippen LogP contribution in [0, 0.1) is 5.82 Å². The fourth-order valence-electron chi connectivity index (χ4n) is 4.19. The van der Waals surface area contributed by atoms with Crippen molar-refractivity contribution >= 4 is 9.84 Å². The molecule has 3 aromatic carbocycles. The van der Waals surface area contributed by atoms with Crippen molar-refractivity contribution in [3.63, 3.8) is 0 Å². The van der Waals surface area contributed by atoms with Crippen LogP contribution >= 0.6 is 0 Å². The number of para-hydroxylation sites is 1. The van der Waals surface area contributed by atoms with E-state index in [1.807, 2.05) is 6.92 Å². The lowest BCUT2D eigenvalue weighted by Crippen LogP contribution is -2.25. The molecule has 4 rings (SSSR count).